The van der Waals surface area contributed by atoms with Gasteiger partial charge in [-0.1, -0.05) is 30.7 Å². The Morgan fingerprint density at radius 2 is 1.78 bits per heavy atom. The van der Waals surface area contributed by atoms with Gasteiger partial charge in [0.25, 0.3) is 0 Å². The molecule has 1 aliphatic heterocycles. The maximum Gasteiger partial charge on any atom is 0.416 e. The second-order valence-corrected chi connectivity index (χ2v) is 6.85. The average Bonchev–Trinajstić information content (AvgIpc) is 3.33. The van der Waals surface area contributed by atoms with E-state index in [0.29, 0.717) is 6.04 Å². The molecule has 1 aliphatic carbocycles. The number of hydrogen-bond donors (Lipinski definition) is 0. The zero-order valence-electron chi connectivity index (χ0n) is 13.4. The van der Waals surface area contributed by atoms with Crippen molar-refractivity contribution >= 4 is 6.08 Å². The van der Waals surface area contributed by atoms with Crippen molar-refractivity contribution in [2.45, 2.75) is 50.7 Å². The van der Waals surface area contributed by atoms with Crippen molar-refractivity contribution in [1.29, 1.82) is 0 Å². The first-order chi connectivity index (χ1) is 11.0. The second kappa shape index (κ2) is 7.08. The molecule has 0 bridgehead atoms. The minimum atomic E-state index is -4.26. The number of alkyl halides is 3. The Morgan fingerprint density at radius 3 is 2.43 bits per heavy atom. The molecular weight excluding hydrogens is 299 g/mol. The number of nitrogens with zero attached hydrogens (tertiary/aromatic N) is 1. The normalized spacial score (nSPS) is 23.5. The van der Waals surface area contributed by atoms with Gasteiger partial charge in [0.2, 0.25) is 0 Å². The third kappa shape index (κ3) is 4.84. The molecule has 23 heavy (non-hydrogen) atoms. The SMILES string of the molecule is FC(F)(F)c1ccc(/C=C/CC2CCCCN2CC2CC2)cc1. The first-order valence-electron chi connectivity index (χ1n) is 8.60. The van der Waals surface area contributed by atoms with Gasteiger partial charge >= 0.3 is 6.18 Å². The zero-order chi connectivity index (χ0) is 16.3. The van der Waals surface area contributed by atoms with Gasteiger partial charge in [-0.15, -0.1) is 0 Å². The molecule has 1 heterocycles. The van der Waals surface area contributed by atoms with E-state index in [1.165, 1.54) is 45.2 Å². The minimum Gasteiger partial charge on any atom is -0.300 e. The molecule has 0 N–H and O–H groups in total. The summed E-state index contributed by atoms with van der Waals surface area (Å²) in [5.74, 6) is 0.912. The minimum absolute atomic E-state index is 0.586. The molecule has 3 rings (SSSR count). The third-order valence-electron chi connectivity index (χ3n) is 4.90. The van der Waals surface area contributed by atoms with Crippen molar-refractivity contribution in [2.24, 2.45) is 5.92 Å². The Labute approximate surface area is 136 Å². The predicted molar refractivity (Wildman–Crippen MR) is 87.0 cm³/mol. The smallest absolute Gasteiger partial charge is 0.300 e. The molecule has 1 saturated heterocycles. The van der Waals surface area contributed by atoms with Crippen LogP contribution in [0.5, 0.6) is 0 Å². The van der Waals surface area contributed by atoms with E-state index >= 15 is 0 Å². The third-order valence-corrected chi connectivity index (χ3v) is 4.90. The molecule has 1 atom stereocenters. The first kappa shape index (κ1) is 16.6. The molecule has 0 spiro atoms. The lowest BCUT2D eigenvalue weighted by Gasteiger charge is -2.35. The largest absolute Gasteiger partial charge is 0.416 e. The highest BCUT2D eigenvalue weighted by Gasteiger charge is 2.30. The highest BCUT2D eigenvalue weighted by atomic mass is 19.4. The van der Waals surface area contributed by atoms with Crippen LogP contribution in [0.1, 0.15) is 49.7 Å². The van der Waals surface area contributed by atoms with Crippen molar-refractivity contribution < 1.29 is 13.2 Å². The topological polar surface area (TPSA) is 3.24 Å². The number of halogens is 3. The van der Waals surface area contributed by atoms with Crippen molar-refractivity contribution in [1.82, 2.24) is 4.90 Å². The summed E-state index contributed by atoms with van der Waals surface area (Å²) in [7, 11) is 0. The molecule has 1 unspecified atom stereocenters. The molecule has 1 aromatic rings. The Hall–Kier alpha value is -1.29. The lowest BCUT2D eigenvalue weighted by atomic mass is 9.98. The Kier molecular flexibility index (Phi) is 5.10. The van der Waals surface area contributed by atoms with Gasteiger partial charge < -0.3 is 0 Å². The Balaban J connectivity index is 1.54. The van der Waals surface area contributed by atoms with Crippen LogP contribution in [0, 0.1) is 5.92 Å². The fourth-order valence-corrected chi connectivity index (χ4v) is 3.34. The van der Waals surface area contributed by atoms with Crippen molar-refractivity contribution in [3.63, 3.8) is 0 Å². The lowest BCUT2D eigenvalue weighted by molar-refractivity contribution is -0.137. The van der Waals surface area contributed by atoms with Crippen LogP contribution in [0.15, 0.2) is 30.3 Å². The van der Waals surface area contributed by atoms with E-state index in [4.69, 9.17) is 0 Å². The van der Waals surface area contributed by atoms with Crippen LogP contribution in [0.4, 0.5) is 13.2 Å². The van der Waals surface area contributed by atoms with Crippen molar-refractivity contribution in [3.05, 3.63) is 41.5 Å². The maximum absolute atomic E-state index is 12.5. The summed E-state index contributed by atoms with van der Waals surface area (Å²) in [4.78, 5) is 2.62. The summed E-state index contributed by atoms with van der Waals surface area (Å²) in [6, 6.07) is 6.00. The summed E-state index contributed by atoms with van der Waals surface area (Å²) in [6.45, 7) is 2.44. The van der Waals surface area contributed by atoms with Gasteiger partial charge in [-0.25, -0.2) is 0 Å². The summed E-state index contributed by atoms with van der Waals surface area (Å²) >= 11 is 0. The molecule has 1 nitrogen and oxygen atoms in total. The Bertz CT molecular complexity index is 529. The molecule has 0 amide bonds. The van der Waals surface area contributed by atoms with Gasteiger partial charge in [-0.3, -0.25) is 4.90 Å². The van der Waals surface area contributed by atoms with Gasteiger partial charge in [0.05, 0.1) is 5.56 Å². The summed E-state index contributed by atoms with van der Waals surface area (Å²) in [5.41, 5.74) is 0.250. The quantitative estimate of drug-likeness (QED) is 0.704. The fourth-order valence-electron chi connectivity index (χ4n) is 3.34. The van der Waals surface area contributed by atoms with Crippen LogP contribution >= 0.6 is 0 Å². The lowest BCUT2D eigenvalue weighted by Crippen LogP contribution is -2.40. The Morgan fingerprint density at radius 1 is 1.04 bits per heavy atom. The number of likely N-dealkylation sites (tertiary alicyclic amines) is 1. The fraction of sp³-hybridized carbons (Fsp3) is 0.579. The molecule has 1 aromatic carbocycles. The molecule has 0 radical (unpaired) electrons. The van der Waals surface area contributed by atoms with Crippen molar-refractivity contribution in [2.75, 3.05) is 13.1 Å². The van der Waals surface area contributed by atoms with Gasteiger partial charge in [0.1, 0.15) is 0 Å². The number of benzene rings is 1. The monoisotopic (exact) mass is 323 g/mol. The predicted octanol–water partition coefficient (Wildman–Crippen LogP) is 5.37. The summed E-state index contributed by atoms with van der Waals surface area (Å²) in [5, 5.41) is 0. The highest BCUT2D eigenvalue weighted by Crippen LogP contribution is 2.33. The van der Waals surface area contributed by atoms with Crippen molar-refractivity contribution in [3.8, 4) is 0 Å². The van der Waals surface area contributed by atoms with Gasteiger partial charge in [-0.2, -0.15) is 13.2 Å². The molecule has 4 heteroatoms. The van der Waals surface area contributed by atoms with Crippen LogP contribution in [0.3, 0.4) is 0 Å². The number of piperidine rings is 1. The van der Waals surface area contributed by atoms with Gasteiger partial charge in [0.15, 0.2) is 0 Å². The standard InChI is InChI=1S/C19H24F3N/c20-19(21,22)17-11-9-15(10-12-17)4-3-6-18-5-1-2-13-23(18)14-16-7-8-16/h3-4,9-12,16,18H,1-2,5-8,13-14H2/b4-3+. The van der Waals surface area contributed by atoms with E-state index in [2.05, 4.69) is 11.0 Å². The number of hydrogen-bond acceptors (Lipinski definition) is 1. The summed E-state index contributed by atoms with van der Waals surface area (Å²) < 4.78 is 37.6. The van der Waals surface area contributed by atoms with Crippen LogP contribution in [0.25, 0.3) is 6.08 Å². The number of rotatable bonds is 5. The van der Waals surface area contributed by atoms with E-state index < -0.39 is 11.7 Å². The van der Waals surface area contributed by atoms with Crippen LogP contribution in [-0.2, 0) is 6.18 Å². The maximum atomic E-state index is 12.5. The van der Waals surface area contributed by atoms with E-state index in [9.17, 15) is 13.2 Å². The van der Waals surface area contributed by atoms with E-state index in [0.717, 1.165) is 30.0 Å². The average molecular weight is 323 g/mol. The van der Waals surface area contributed by atoms with E-state index in [1.807, 2.05) is 6.08 Å². The first-order valence-corrected chi connectivity index (χ1v) is 8.60. The molecule has 2 fully saturated rings. The zero-order valence-corrected chi connectivity index (χ0v) is 13.4. The molecule has 126 valence electrons. The van der Waals surface area contributed by atoms with Gasteiger partial charge in [0, 0.05) is 12.6 Å². The molecule has 2 aliphatic rings. The molecular formula is C19H24F3N. The molecule has 1 saturated carbocycles. The van der Waals surface area contributed by atoms with Crippen LogP contribution in [0.2, 0.25) is 0 Å². The molecule has 0 aromatic heterocycles. The van der Waals surface area contributed by atoms with Gasteiger partial charge in [-0.05, 0) is 62.3 Å². The van der Waals surface area contributed by atoms with E-state index in [-0.39, 0.29) is 0 Å². The van der Waals surface area contributed by atoms with E-state index in [1.54, 1.807) is 12.1 Å². The van der Waals surface area contributed by atoms with Crippen LogP contribution < -0.4 is 0 Å². The second-order valence-electron chi connectivity index (χ2n) is 6.85. The summed E-state index contributed by atoms with van der Waals surface area (Å²) in [6.07, 6.45) is 7.40. The highest BCUT2D eigenvalue weighted by molar-refractivity contribution is 5.49. The van der Waals surface area contributed by atoms with Crippen LogP contribution in [-0.4, -0.2) is 24.0 Å².